The van der Waals surface area contributed by atoms with Crippen molar-refractivity contribution >= 4 is 52.2 Å². The highest BCUT2D eigenvalue weighted by Crippen LogP contribution is 2.21. The molecule has 2 heterocycles. The highest BCUT2D eigenvalue weighted by Gasteiger charge is 2.25. The van der Waals surface area contributed by atoms with Crippen molar-refractivity contribution in [2.45, 2.75) is 6.42 Å². The molecule has 1 aliphatic rings. The van der Waals surface area contributed by atoms with E-state index in [2.05, 4.69) is 10.6 Å². The molecule has 0 unspecified atom stereocenters. The number of hydrogen-bond acceptors (Lipinski definition) is 4. The van der Waals surface area contributed by atoms with Gasteiger partial charge in [0.15, 0.2) is 0 Å². The van der Waals surface area contributed by atoms with Crippen LogP contribution in [0.3, 0.4) is 0 Å². The number of carbonyl (C=O) groups excluding carboxylic acids is 3. The van der Waals surface area contributed by atoms with Crippen LogP contribution in [0.5, 0.6) is 0 Å². The summed E-state index contributed by atoms with van der Waals surface area (Å²) in [5.41, 5.74) is 1.53. The van der Waals surface area contributed by atoms with Crippen LogP contribution in [-0.2, 0) is 0 Å². The molecular weight excluding hydrogens is 460 g/mol. The number of halogens is 1. The molecule has 33 heavy (non-hydrogen) atoms. The van der Waals surface area contributed by atoms with Crippen LogP contribution in [0.15, 0.2) is 66.0 Å². The molecule has 0 saturated carbocycles. The highest BCUT2D eigenvalue weighted by atomic mass is 35.5. The average molecular weight is 483 g/mol. The van der Waals surface area contributed by atoms with Gasteiger partial charge in [-0.1, -0.05) is 35.9 Å². The van der Waals surface area contributed by atoms with E-state index in [1.807, 2.05) is 11.4 Å². The molecule has 4 rings (SSSR count). The van der Waals surface area contributed by atoms with Gasteiger partial charge in [-0.2, -0.15) is 0 Å². The first kappa shape index (κ1) is 22.8. The van der Waals surface area contributed by atoms with Gasteiger partial charge < -0.3 is 20.4 Å². The minimum absolute atomic E-state index is 0.172. The Hall–Kier alpha value is -3.36. The molecular formula is C24H23ClN4O3S. The molecule has 0 radical (unpaired) electrons. The van der Waals surface area contributed by atoms with Crippen LogP contribution in [0.1, 0.15) is 26.5 Å². The molecule has 1 aromatic heterocycles. The number of hydrogen-bond donors (Lipinski definition) is 2. The Bertz CT molecular complexity index is 1150. The molecule has 2 aromatic carbocycles. The maximum atomic E-state index is 13.3. The number of benzene rings is 2. The second-order valence-corrected chi connectivity index (χ2v) is 8.93. The summed E-state index contributed by atoms with van der Waals surface area (Å²) in [6.07, 6.45) is 0.651. The Morgan fingerprint density at radius 3 is 2.42 bits per heavy atom. The predicted molar refractivity (Wildman–Crippen MR) is 131 cm³/mol. The average Bonchev–Trinajstić information content (AvgIpc) is 3.24. The van der Waals surface area contributed by atoms with Crippen LogP contribution in [0.2, 0.25) is 5.02 Å². The number of carbonyl (C=O) groups is 3. The summed E-state index contributed by atoms with van der Waals surface area (Å²) in [5, 5.41) is 8.08. The molecule has 0 atom stereocenters. The van der Waals surface area contributed by atoms with Crippen molar-refractivity contribution in [3.8, 4) is 0 Å². The van der Waals surface area contributed by atoms with Gasteiger partial charge in [-0.25, -0.2) is 4.79 Å². The molecule has 1 aliphatic heterocycles. The van der Waals surface area contributed by atoms with Gasteiger partial charge in [0.2, 0.25) is 0 Å². The molecule has 0 spiro atoms. The van der Waals surface area contributed by atoms with Gasteiger partial charge in [-0.05, 0) is 48.2 Å². The number of thiophene rings is 1. The Morgan fingerprint density at radius 2 is 1.64 bits per heavy atom. The molecule has 0 bridgehead atoms. The van der Waals surface area contributed by atoms with Crippen LogP contribution < -0.4 is 10.6 Å². The van der Waals surface area contributed by atoms with Crippen LogP contribution in [0.25, 0.3) is 0 Å². The normalized spacial score (nSPS) is 13.8. The van der Waals surface area contributed by atoms with Crippen molar-refractivity contribution in [3.05, 3.63) is 81.5 Å². The quantitative estimate of drug-likeness (QED) is 0.547. The Balaban J connectivity index is 1.41. The maximum Gasteiger partial charge on any atom is 0.321 e. The van der Waals surface area contributed by atoms with E-state index in [1.54, 1.807) is 64.4 Å². The molecule has 3 aromatic rings. The lowest BCUT2D eigenvalue weighted by Crippen LogP contribution is -2.39. The third-order valence-corrected chi connectivity index (χ3v) is 6.40. The van der Waals surface area contributed by atoms with Gasteiger partial charge in [0.1, 0.15) is 0 Å². The number of rotatable bonds is 4. The zero-order valence-electron chi connectivity index (χ0n) is 17.8. The molecule has 7 nitrogen and oxygen atoms in total. The minimum atomic E-state index is -0.245. The SMILES string of the molecule is O=C(Nc1ccccc1C(=O)N1CCCN(C(=O)Nc2cccc(Cl)c2)CC1)c1cccs1. The minimum Gasteiger partial charge on any atom is -0.337 e. The number of nitrogens with one attached hydrogen (secondary N) is 2. The Morgan fingerprint density at radius 1 is 0.848 bits per heavy atom. The largest absolute Gasteiger partial charge is 0.337 e. The second-order valence-electron chi connectivity index (χ2n) is 7.55. The van der Waals surface area contributed by atoms with E-state index in [9.17, 15) is 14.4 Å². The predicted octanol–water partition coefficient (Wildman–Crippen LogP) is 5.03. The van der Waals surface area contributed by atoms with E-state index in [0.29, 0.717) is 59.4 Å². The summed E-state index contributed by atoms with van der Waals surface area (Å²) in [5.74, 6) is -0.417. The van der Waals surface area contributed by atoms with E-state index < -0.39 is 0 Å². The molecule has 1 fully saturated rings. The molecule has 2 N–H and O–H groups in total. The van der Waals surface area contributed by atoms with Crippen molar-refractivity contribution in [2.75, 3.05) is 36.8 Å². The first-order valence-electron chi connectivity index (χ1n) is 10.6. The van der Waals surface area contributed by atoms with Gasteiger partial charge in [0, 0.05) is 36.9 Å². The van der Waals surface area contributed by atoms with Crippen molar-refractivity contribution in [2.24, 2.45) is 0 Å². The fraction of sp³-hybridized carbons (Fsp3) is 0.208. The molecule has 170 valence electrons. The molecule has 1 saturated heterocycles. The topological polar surface area (TPSA) is 81.8 Å². The molecule has 4 amide bonds. The first-order chi connectivity index (χ1) is 16.0. The smallest absolute Gasteiger partial charge is 0.321 e. The van der Waals surface area contributed by atoms with E-state index in [-0.39, 0.29) is 17.8 Å². The number of nitrogens with zero attached hydrogens (tertiary/aromatic N) is 2. The van der Waals surface area contributed by atoms with E-state index in [0.717, 1.165) is 0 Å². The van der Waals surface area contributed by atoms with Gasteiger partial charge in [-0.3, -0.25) is 9.59 Å². The highest BCUT2D eigenvalue weighted by molar-refractivity contribution is 7.12. The standard InChI is InChI=1S/C24H23ClN4O3S/c25-17-6-3-7-18(16-17)26-24(32)29-12-5-11-28(13-14-29)23(31)19-8-1-2-9-20(19)27-22(30)21-10-4-15-33-21/h1-4,6-10,15-16H,5,11-14H2,(H,26,32)(H,27,30). The summed E-state index contributed by atoms with van der Waals surface area (Å²) in [4.78, 5) is 42.5. The molecule has 0 aliphatic carbocycles. The summed E-state index contributed by atoms with van der Waals surface area (Å²) in [6.45, 7) is 1.86. The molecule has 9 heteroatoms. The van der Waals surface area contributed by atoms with Gasteiger partial charge in [-0.15, -0.1) is 11.3 Å². The number of amides is 4. The Kier molecular flexibility index (Phi) is 7.26. The zero-order valence-corrected chi connectivity index (χ0v) is 19.4. The number of urea groups is 1. The summed E-state index contributed by atoms with van der Waals surface area (Å²) < 4.78 is 0. The third-order valence-electron chi connectivity index (χ3n) is 5.30. The number of para-hydroxylation sites is 1. The van der Waals surface area contributed by atoms with E-state index in [4.69, 9.17) is 11.6 Å². The summed E-state index contributed by atoms with van der Waals surface area (Å²) >= 11 is 7.33. The van der Waals surface area contributed by atoms with E-state index in [1.165, 1.54) is 11.3 Å². The van der Waals surface area contributed by atoms with Crippen LogP contribution in [0.4, 0.5) is 16.2 Å². The first-order valence-corrected chi connectivity index (χ1v) is 11.8. The van der Waals surface area contributed by atoms with Crippen LogP contribution in [-0.4, -0.2) is 53.8 Å². The lowest BCUT2D eigenvalue weighted by molar-refractivity contribution is 0.0763. The van der Waals surface area contributed by atoms with Crippen molar-refractivity contribution in [1.29, 1.82) is 0 Å². The number of anilines is 2. The maximum absolute atomic E-state index is 13.3. The third kappa shape index (κ3) is 5.71. The van der Waals surface area contributed by atoms with E-state index >= 15 is 0 Å². The van der Waals surface area contributed by atoms with Crippen molar-refractivity contribution < 1.29 is 14.4 Å². The second kappa shape index (κ2) is 10.5. The zero-order chi connectivity index (χ0) is 23.2. The van der Waals surface area contributed by atoms with Crippen molar-refractivity contribution in [1.82, 2.24) is 9.80 Å². The van der Waals surface area contributed by atoms with Gasteiger partial charge in [0.05, 0.1) is 16.1 Å². The monoisotopic (exact) mass is 482 g/mol. The summed E-state index contributed by atoms with van der Waals surface area (Å²) in [6, 6.07) is 17.3. The fourth-order valence-corrected chi connectivity index (χ4v) is 4.44. The lowest BCUT2D eigenvalue weighted by Gasteiger charge is -2.23. The van der Waals surface area contributed by atoms with Gasteiger partial charge >= 0.3 is 6.03 Å². The lowest BCUT2D eigenvalue weighted by atomic mass is 10.1. The fourth-order valence-electron chi connectivity index (χ4n) is 3.63. The van der Waals surface area contributed by atoms with Gasteiger partial charge in [0.25, 0.3) is 11.8 Å². The van der Waals surface area contributed by atoms with Crippen LogP contribution >= 0.6 is 22.9 Å². The van der Waals surface area contributed by atoms with Crippen LogP contribution in [0, 0.1) is 0 Å². The Labute approximate surface area is 201 Å². The summed E-state index contributed by atoms with van der Waals surface area (Å²) in [7, 11) is 0. The van der Waals surface area contributed by atoms with Crippen molar-refractivity contribution in [3.63, 3.8) is 0 Å².